The highest BCUT2D eigenvalue weighted by Gasteiger charge is 2.20. The highest BCUT2D eigenvalue weighted by molar-refractivity contribution is 9.10. The van der Waals surface area contributed by atoms with Gasteiger partial charge in [-0.15, -0.1) is 5.10 Å². The van der Waals surface area contributed by atoms with E-state index in [-0.39, 0.29) is 0 Å². The van der Waals surface area contributed by atoms with Gasteiger partial charge in [0.25, 0.3) is 0 Å². The predicted molar refractivity (Wildman–Crippen MR) is 56.4 cm³/mol. The first kappa shape index (κ1) is 8.43. The third-order valence-corrected chi connectivity index (χ3v) is 3.69. The van der Waals surface area contributed by atoms with Gasteiger partial charge in [0.15, 0.2) is 0 Å². The Labute approximate surface area is 92.8 Å². The molecule has 4 nitrogen and oxygen atoms in total. The third kappa shape index (κ3) is 1.10. The molecule has 6 heteroatoms. The molecule has 70 valence electrons. The van der Waals surface area contributed by atoms with Crippen LogP contribution in [0.4, 0.5) is 0 Å². The summed E-state index contributed by atoms with van der Waals surface area (Å²) in [5.74, 6) is 0.926. The number of halogens is 1. The first-order valence-corrected chi connectivity index (χ1v) is 5.83. The average molecular weight is 269 g/mol. The van der Waals surface area contributed by atoms with E-state index in [0.717, 1.165) is 21.1 Å². The van der Waals surface area contributed by atoms with Crippen molar-refractivity contribution in [2.75, 3.05) is 0 Å². The van der Waals surface area contributed by atoms with Crippen molar-refractivity contribution in [1.29, 1.82) is 0 Å². The van der Waals surface area contributed by atoms with Gasteiger partial charge >= 0.3 is 0 Å². The van der Waals surface area contributed by atoms with Gasteiger partial charge in [0.2, 0.25) is 5.16 Å². The van der Waals surface area contributed by atoms with Crippen molar-refractivity contribution in [3.63, 3.8) is 0 Å². The molecule has 0 unspecified atom stereocenters. The first-order valence-electron chi connectivity index (χ1n) is 4.05. The number of rotatable bonds is 0. The molecule has 2 heterocycles. The number of thioether (sulfide) groups is 1. The lowest BCUT2D eigenvalue weighted by Gasteiger charge is -2.16. The van der Waals surface area contributed by atoms with Crippen molar-refractivity contribution >= 4 is 27.7 Å². The molecule has 1 aliphatic rings. The van der Waals surface area contributed by atoms with Crippen LogP contribution in [-0.4, -0.2) is 20.2 Å². The Kier molecular flexibility index (Phi) is 1.84. The van der Waals surface area contributed by atoms with Crippen LogP contribution >= 0.6 is 27.7 Å². The van der Waals surface area contributed by atoms with E-state index in [0.29, 0.717) is 0 Å². The minimum Gasteiger partial charge on any atom is -0.186 e. The molecule has 0 radical (unpaired) electrons. The van der Waals surface area contributed by atoms with Crippen LogP contribution in [0, 0.1) is 0 Å². The molecule has 0 saturated heterocycles. The predicted octanol–water partition coefficient (Wildman–Crippen LogP) is 2.03. The largest absolute Gasteiger partial charge is 0.214 e. The van der Waals surface area contributed by atoms with Crippen LogP contribution < -0.4 is 0 Å². The fraction of sp³-hybridized carbons (Fsp3) is 0.125. The minimum absolute atomic E-state index is 0.851. The summed E-state index contributed by atoms with van der Waals surface area (Å²) in [5, 5.41) is 12.4. The van der Waals surface area contributed by atoms with Crippen LogP contribution in [0.2, 0.25) is 0 Å². The molecule has 14 heavy (non-hydrogen) atoms. The van der Waals surface area contributed by atoms with Crippen molar-refractivity contribution in [1.82, 2.24) is 20.2 Å². The Balaban J connectivity index is 2.34. The van der Waals surface area contributed by atoms with Crippen molar-refractivity contribution in [3.05, 3.63) is 28.2 Å². The summed E-state index contributed by atoms with van der Waals surface area (Å²) < 4.78 is 2.80. The Morgan fingerprint density at radius 1 is 1.43 bits per heavy atom. The maximum Gasteiger partial charge on any atom is 0.214 e. The number of fused-ring (bicyclic) bond motifs is 3. The second-order valence-electron chi connectivity index (χ2n) is 2.91. The maximum absolute atomic E-state index is 3.96. The minimum atomic E-state index is 0.851. The van der Waals surface area contributed by atoms with E-state index < -0.39 is 0 Å². The monoisotopic (exact) mass is 268 g/mol. The number of benzene rings is 1. The van der Waals surface area contributed by atoms with Gasteiger partial charge in [-0.2, -0.15) is 4.68 Å². The van der Waals surface area contributed by atoms with Gasteiger partial charge in [0.05, 0.1) is 5.69 Å². The van der Waals surface area contributed by atoms with E-state index in [9.17, 15) is 0 Å². The van der Waals surface area contributed by atoms with E-state index >= 15 is 0 Å². The van der Waals surface area contributed by atoms with Gasteiger partial charge in [0, 0.05) is 10.2 Å². The summed E-state index contributed by atoms with van der Waals surface area (Å²) >= 11 is 5.16. The Morgan fingerprint density at radius 3 is 3.29 bits per heavy atom. The SMILES string of the molecule is Brc1cccc2c1-n1nnnc1SC2. The zero-order valence-corrected chi connectivity index (χ0v) is 9.42. The molecule has 0 saturated carbocycles. The fourth-order valence-corrected chi connectivity index (χ4v) is 2.90. The standard InChI is InChI=1S/C8H5BrN4S/c9-6-3-1-2-5-4-14-8-10-11-12-13(8)7(5)6/h1-3H,4H2. The molecule has 2 aromatic rings. The van der Waals surface area contributed by atoms with Crippen molar-refractivity contribution in [3.8, 4) is 5.69 Å². The second kappa shape index (κ2) is 3.06. The summed E-state index contributed by atoms with van der Waals surface area (Å²) in [4.78, 5) is 0. The smallest absolute Gasteiger partial charge is 0.186 e. The van der Waals surface area contributed by atoms with Crippen molar-refractivity contribution in [2.45, 2.75) is 10.9 Å². The molecule has 1 aromatic heterocycles. The lowest BCUT2D eigenvalue weighted by molar-refractivity contribution is 0.741. The Bertz CT molecular complexity index is 496. The lowest BCUT2D eigenvalue weighted by atomic mass is 10.2. The molecule has 0 fully saturated rings. The van der Waals surface area contributed by atoms with E-state index in [1.807, 2.05) is 12.1 Å². The van der Waals surface area contributed by atoms with Crippen molar-refractivity contribution < 1.29 is 0 Å². The van der Waals surface area contributed by atoms with E-state index in [4.69, 9.17) is 0 Å². The summed E-state index contributed by atoms with van der Waals surface area (Å²) in [7, 11) is 0. The lowest BCUT2D eigenvalue weighted by Crippen LogP contribution is -2.08. The zero-order chi connectivity index (χ0) is 9.54. The normalized spacial score (nSPS) is 13.5. The number of hydrogen-bond acceptors (Lipinski definition) is 4. The molecule has 3 rings (SSSR count). The molecule has 0 N–H and O–H groups in total. The molecule has 0 spiro atoms. The summed E-state index contributed by atoms with van der Waals surface area (Å²) in [6.45, 7) is 0. The van der Waals surface area contributed by atoms with E-state index in [2.05, 4.69) is 37.5 Å². The van der Waals surface area contributed by atoms with Crippen LogP contribution in [0.3, 0.4) is 0 Å². The number of hydrogen-bond donors (Lipinski definition) is 0. The third-order valence-electron chi connectivity index (χ3n) is 2.08. The maximum atomic E-state index is 3.96. The fourth-order valence-electron chi connectivity index (χ4n) is 1.47. The summed E-state index contributed by atoms with van der Waals surface area (Å²) in [6, 6.07) is 6.12. The van der Waals surface area contributed by atoms with Crippen LogP contribution in [0.1, 0.15) is 5.56 Å². The average Bonchev–Trinajstić information content (AvgIpc) is 2.65. The van der Waals surface area contributed by atoms with Gasteiger partial charge in [-0.25, -0.2) is 0 Å². The second-order valence-corrected chi connectivity index (χ2v) is 4.71. The van der Waals surface area contributed by atoms with Gasteiger partial charge in [-0.05, 0) is 38.0 Å². The van der Waals surface area contributed by atoms with Gasteiger partial charge < -0.3 is 0 Å². The Hall–Kier alpha value is -0.880. The van der Waals surface area contributed by atoms with Crippen LogP contribution in [0.15, 0.2) is 27.8 Å². The zero-order valence-electron chi connectivity index (χ0n) is 7.01. The molecule has 0 atom stereocenters. The molecular weight excluding hydrogens is 264 g/mol. The molecule has 0 amide bonds. The molecular formula is C8H5BrN4S. The van der Waals surface area contributed by atoms with Crippen LogP contribution in [0.5, 0.6) is 0 Å². The van der Waals surface area contributed by atoms with Gasteiger partial charge in [-0.1, -0.05) is 23.9 Å². The number of para-hydroxylation sites is 1. The molecule has 1 aliphatic heterocycles. The highest BCUT2D eigenvalue weighted by atomic mass is 79.9. The van der Waals surface area contributed by atoms with Crippen LogP contribution in [-0.2, 0) is 5.75 Å². The number of tetrazole rings is 1. The quantitative estimate of drug-likeness (QED) is 0.734. The number of nitrogens with zero attached hydrogens (tertiary/aromatic N) is 4. The summed E-state index contributed by atoms with van der Waals surface area (Å²) in [5.41, 5.74) is 2.32. The molecule has 1 aromatic carbocycles. The van der Waals surface area contributed by atoms with E-state index in [1.165, 1.54) is 5.56 Å². The van der Waals surface area contributed by atoms with Gasteiger partial charge in [0.1, 0.15) is 0 Å². The topological polar surface area (TPSA) is 43.6 Å². The highest BCUT2D eigenvalue weighted by Crippen LogP contribution is 2.35. The Morgan fingerprint density at radius 2 is 2.36 bits per heavy atom. The first-order chi connectivity index (χ1) is 6.86. The molecule has 0 aliphatic carbocycles. The van der Waals surface area contributed by atoms with E-state index in [1.54, 1.807) is 16.4 Å². The van der Waals surface area contributed by atoms with Crippen LogP contribution in [0.25, 0.3) is 5.69 Å². The number of aromatic nitrogens is 4. The van der Waals surface area contributed by atoms with Gasteiger partial charge in [-0.3, -0.25) is 0 Å². The molecule has 0 bridgehead atoms. The summed E-state index contributed by atoms with van der Waals surface area (Å²) in [6.07, 6.45) is 0. The van der Waals surface area contributed by atoms with Crippen molar-refractivity contribution in [2.24, 2.45) is 0 Å².